The highest BCUT2D eigenvalue weighted by Crippen LogP contribution is 2.38. The molecule has 0 saturated heterocycles. The summed E-state index contributed by atoms with van der Waals surface area (Å²) in [5.74, 6) is 0.937. The van der Waals surface area contributed by atoms with Crippen LogP contribution in [0.4, 0.5) is 0 Å². The Morgan fingerprint density at radius 1 is 1.08 bits per heavy atom. The Labute approximate surface area is 157 Å². The highest BCUT2D eigenvalue weighted by atomic mass is 32.1. The lowest BCUT2D eigenvalue weighted by Gasteiger charge is -2.22. The van der Waals surface area contributed by atoms with Gasteiger partial charge < -0.3 is 4.98 Å². The maximum absolute atomic E-state index is 4.83. The average Bonchev–Trinajstić information content (AvgIpc) is 3.34. The Bertz CT molecular complexity index is 1060. The number of aromatic nitrogens is 2. The van der Waals surface area contributed by atoms with Gasteiger partial charge in [0.1, 0.15) is 0 Å². The quantitative estimate of drug-likeness (QED) is 0.474. The van der Waals surface area contributed by atoms with Crippen LogP contribution < -0.4 is 0 Å². The molecule has 0 spiro atoms. The molecule has 1 N–H and O–H groups in total. The van der Waals surface area contributed by atoms with Crippen molar-refractivity contribution in [3.8, 4) is 0 Å². The van der Waals surface area contributed by atoms with Crippen LogP contribution in [0.25, 0.3) is 10.9 Å². The zero-order chi connectivity index (χ0) is 17.5. The average molecular weight is 359 g/mol. The van der Waals surface area contributed by atoms with E-state index in [1.165, 1.54) is 50.3 Å². The van der Waals surface area contributed by atoms with Crippen molar-refractivity contribution < 1.29 is 0 Å². The molecule has 0 saturated carbocycles. The minimum absolute atomic E-state index is 0.369. The van der Waals surface area contributed by atoms with Crippen molar-refractivity contribution in [1.29, 1.82) is 0 Å². The van der Waals surface area contributed by atoms with Crippen LogP contribution in [0.15, 0.2) is 60.9 Å². The third-order valence-corrected chi connectivity index (χ3v) is 7.09. The Morgan fingerprint density at radius 3 is 2.81 bits per heavy atom. The number of H-pyrrole nitrogens is 1. The second kappa shape index (κ2) is 6.40. The van der Waals surface area contributed by atoms with E-state index in [9.17, 15) is 0 Å². The molecule has 2 aromatic heterocycles. The van der Waals surface area contributed by atoms with Gasteiger partial charge in [-0.1, -0.05) is 49.4 Å². The lowest BCUT2D eigenvalue weighted by Crippen LogP contribution is -2.12. The second-order valence-electron chi connectivity index (χ2n) is 7.32. The molecule has 0 radical (unpaired) electrons. The van der Waals surface area contributed by atoms with E-state index in [0.29, 0.717) is 11.8 Å². The van der Waals surface area contributed by atoms with E-state index in [4.69, 9.17) is 4.98 Å². The predicted molar refractivity (Wildman–Crippen MR) is 109 cm³/mol. The normalized spacial score (nSPS) is 18.0. The molecule has 1 aliphatic rings. The maximum Gasteiger partial charge on any atom is 0.0962 e. The van der Waals surface area contributed by atoms with Gasteiger partial charge in [0, 0.05) is 40.0 Å². The van der Waals surface area contributed by atoms with Gasteiger partial charge in [-0.15, -0.1) is 11.3 Å². The summed E-state index contributed by atoms with van der Waals surface area (Å²) in [7, 11) is 0. The van der Waals surface area contributed by atoms with E-state index >= 15 is 0 Å². The molecule has 2 heterocycles. The first kappa shape index (κ1) is 15.8. The van der Waals surface area contributed by atoms with E-state index in [2.05, 4.69) is 72.8 Å². The number of aromatic amines is 1. The van der Waals surface area contributed by atoms with Gasteiger partial charge >= 0.3 is 0 Å². The zero-order valence-electron chi connectivity index (χ0n) is 14.9. The third kappa shape index (κ3) is 2.67. The summed E-state index contributed by atoms with van der Waals surface area (Å²) in [6.07, 6.45) is 7.78. The van der Waals surface area contributed by atoms with Crippen molar-refractivity contribution in [2.24, 2.45) is 0 Å². The van der Waals surface area contributed by atoms with E-state index in [0.717, 1.165) is 6.42 Å². The summed E-state index contributed by atoms with van der Waals surface area (Å²) in [6, 6.07) is 17.4. The number of benzene rings is 2. The topological polar surface area (TPSA) is 28.7 Å². The van der Waals surface area contributed by atoms with Crippen molar-refractivity contribution in [2.75, 3.05) is 0 Å². The maximum atomic E-state index is 4.83. The molecule has 0 aliphatic heterocycles. The molecule has 2 aromatic carbocycles. The highest BCUT2D eigenvalue weighted by molar-refractivity contribution is 7.11. The number of fused-ring (bicyclic) bond motifs is 2. The molecular weight excluding hydrogens is 336 g/mol. The Hall–Kier alpha value is -2.39. The number of nitrogens with one attached hydrogen (secondary N) is 1. The van der Waals surface area contributed by atoms with Gasteiger partial charge in [0.05, 0.1) is 5.01 Å². The van der Waals surface area contributed by atoms with Crippen LogP contribution in [0.5, 0.6) is 0 Å². The first-order chi connectivity index (χ1) is 12.8. The molecule has 2 nitrogen and oxygen atoms in total. The van der Waals surface area contributed by atoms with Gasteiger partial charge in [-0.3, -0.25) is 0 Å². The number of hydrogen-bond donors (Lipinski definition) is 1. The Balaban J connectivity index is 1.42. The van der Waals surface area contributed by atoms with Gasteiger partial charge in [-0.05, 0) is 42.0 Å². The van der Waals surface area contributed by atoms with Crippen LogP contribution in [-0.4, -0.2) is 9.97 Å². The van der Waals surface area contributed by atoms with E-state index in [1.807, 2.05) is 11.3 Å². The Kier molecular flexibility index (Phi) is 3.90. The molecule has 3 heteroatoms. The predicted octanol–water partition coefficient (Wildman–Crippen LogP) is 6.05. The van der Waals surface area contributed by atoms with Crippen LogP contribution >= 0.6 is 11.3 Å². The Morgan fingerprint density at radius 2 is 1.88 bits per heavy atom. The van der Waals surface area contributed by atoms with Crippen LogP contribution in [0, 0.1) is 0 Å². The van der Waals surface area contributed by atoms with Crippen LogP contribution in [-0.2, 0) is 12.8 Å². The molecule has 0 fully saturated rings. The van der Waals surface area contributed by atoms with E-state index in [-0.39, 0.29) is 0 Å². The smallest absolute Gasteiger partial charge is 0.0962 e. The molecule has 130 valence electrons. The fraction of sp³-hybridized carbons (Fsp3) is 0.261. The second-order valence-corrected chi connectivity index (χ2v) is 8.41. The largest absolute Gasteiger partial charge is 0.361 e. The molecule has 2 atom stereocenters. The summed E-state index contributed by atoms with van der Waals surface area (Å²) in [6.45, 7) is 2.29. The minimum atomic E-state index is 0.369. The summed E-state index contributed by atoms with van der Waals surface area (Å²) in [5.41, 5.74) is 5.60. The van der Waals surface area contributed by atoms with Crippen molar-refractivity contribution >= 4 is 22.2 Å². The van der Waals surface area contributed by atoms with Crippen LogP contribution in [0.1, 0.15) is 51.8 Å². The SMILES string of the molecule is CC(c1cnc(C2CCc3ccccc3C2)s1)c1c[nH]c2ccccc12. The number of para-hydroxylation sites is 1. The first-order valence-corrected chi connectivity index (χ1v) is 10.2. The lowest BCUT2D eigenvalue weighted by molar-refractivity contribution is 0.582. The van der Waals surface area contributed by atoms with Crippen molar-refractivity contribution in [3.05, 3.63) is 87.5 Å². The van der Waals surface area contributed by atoms with Crippen molar-refractivity contribution in [2.45, 2.75) is 38.0 Å². The minimum Gasteiger partial charge on any atom is -0.361 e. The first-order valence-electron chi connectivity index (χ1n) is 9.38. The lowest BCUT2D eigenvalue weighted by atomic mass is 9.84. The number of rotatable bonds is 3. The summed E-state index contributed by atoms with van der Waals surface area (Å²) >= 11 is 1.90. The van der Waals surface area contributed by atoms with Gasteiger partial charge in [-0.2, -0.15) is 0 Å². The fourth-order valence-corrected chi connectivity index (χ4v) is 5.33. The summed E-state index contributed by atoms with van der Waals surface area (Å²) in [4.78, 5) is 9.60. The molecule has 5 rings (SSSR count). The highest BCUT2D eigenvalue weighted by Gasteiger charge is 2.24. The van der Waals surface area contributed by atoms with Gasteiger partial charge in [0.15, 0.2) is 0 Å². The van der Waals surface area contributed by atoms with Gasteiger partial charge in [0.25, 0.3) is 0 Å². The van der Waals surface area contributed by atoms with Crippen molar-refractivity contribution in [3.63, 3.8) is 0 Å². The van der Waals surface area contributed by atoms with Crippen LogP contribution in [0.3, 0.4) is 0 Å². The third-order valence-electron chi connectivity index (χ3n) is 5.75. The standard InChI is InChI=1S/C23H22N2S/c1-15(20-13-24-21-9-5-4-8-19(20)21)22-14-25-23(26-22)18-11-10-16-6-2-3-7-17(16)12-18/h2-9,13-15,18,24H,10-12H2,1H3. The fourth-order valence-electron chi connectivity index (χ4n) is 4.20. The molecule has 1 aliphatic carbocycles. The molecular formula is C23H22N2S. The molecule has 0 amide bonds. The zero-order valence-corrected chi connectivity index (χ0v) is 15.7. The summed E-state index contributed by atoms with van der Waals surface area (Å²) in [5, 5.41) is 2.63. The molecule has 0 bridgehead atoms. The van der Waals surface area contributed by atoms with Crippen LogP contribution in [0.2, 0.25) is 0 Å². The van der Waals surface area contributed by atoms with E-state index in [1.54, 1.807) is 0 Å². The number of hydrogen-bond acceptors (Lipinski definition) is 2. The molecule has 26 heavy (non-hydrogen) atoms. The van der Waals surface area contributed by atoms with Gasteiger partial charge in [-0.25, -0.2) is 4.98 Å². The summed E-state index contributed by atoms with van der Waals surface area (Å²) < 4.78 is 0. The van der Waals surface area contributed by atoms with Gasteiger partial charge in [0.2, 0.25) is 0 Å². The number of thiazole rings is 1. The number of nitrogens with zero attached hydrogens (tertiary/aromatic N) is 1. The molecule has 4 aromatic rings. The molecule has 2 unspecified atom stereocenters. The number of aryl methyl sites for hydroxylation is 1. The van der Waals surface area contributed by atoms with E-state index < -0.39 is 0 Å². The monoisotopic (exact) mass is 358 g/mol. The van der Waals surface area contributed by atoms with Crippen molar-refractivity contribution in [1.82, 2.24) is 9.97 Å².